The number of amides is 3. The molecule has 0 radical (unpaired) electrons. The van der Waals surface area contributed by atoms with Crippen molar-refractivity contribution in [2.75, 3.05) is 37.0 Å². The Morgan fingerprint density at radius 3 is 2.79 bits per heavy atom. The number of ether oxygens (including phenoxy) is 2. The van der Waals surface area contributed by atoms with Gasteiger partial charge in [-0.05, 0) is 44.7 Å². The zero-order valence-electron chi connectivity index (χ0n) is 18.9. The van der Waals surface area contributed by atoms with Gasteiger partial charge in [-0.15, -0.1) is 0 Å². The Kier molecular flexibility index (Phi) is 7.06. The van der Waals surface area contributed by atoms with E-state index in [1.807, 2.05) is 11.8 Å². The van der Waals surface area contributed by atoms with Crippen LogP contribution in [0.5, 0.6) is 11.6 Å². The molecule has 11 nitrogen and oxygen atoms in total. The van der Waals surface area contributed by atoms with Crippen LogP contribution in [0.25, 0.3) is 0 Å². The second kappa shape index (κ2) is 10.3. The van der Waals surface area contributed by atoms with E-state index in [0.29, 0.717) is 30.7 Å². The Labute approximate surface area is 192 Å². The maximum atomic E-state index is 12.8. The van der Waals surface area contributed by atoms with Crippen molar-refractivity contribution in [1.82, 2.24) is 25.2 Å². The number of urea groups is 1. The van der Waals surface area contributed by atoms with Crippen LogP contribution in [-0.2, 0) is 0 Å². The molecule has 11 heteroatoms. The third-order valence-corrected chi connectivity index (χ3v) is 5.54. The number of nitrogens with zero attached hydrogens (tertiary/aromatic N) is 5. The molecule has 0 aromatic carbocycles. The zero-order valence-corrected chi connectivity index (χ0v) is 18.9. The number of piperidine rings is 1. The Balaban J connectivity index is 1.33. The van der Waals surface area contributed by atoms with Crippen LogP contribution in [0.1, 0.15) is 32.6 Å². The average molecular weight is 456 g/mol. The number of hydrogen-bond donors (Lipinski definition) is 2. The summed E-state index contributed by atoms with van der Waals surface area (Å²) in [5, 5.41) is 5.59. The standard InChI is InChI=1S/C22H29N7O4/c1-3-32-17-8-9-18(24-13-17)26-21(30)28(2)16-5-4-12-29(14-16)20-23-11-10-19(27-20)33-22(31)25-15-6-7-15/h8-11,13,15-16H,3-7,12,14H2,1-2H3,(H,25,31)(H,24,26,30)/t16-/m1/s1. The predicted molar refractivity (Wildman–Crippen MR) is 122 cm³/mol. The second-order valence-corrected chi connectivity index (χ2v) is 8.10. The quantitative estimate of drug-likeness (QED) is 0.653. The number of rotatable bonds is 7. The Morgan fingerprint density at radius 1 is 1.21 bits per heavy atom. The Hall–Kier alpha value is -3.63. The molecule has 3 amide bonds. The molecule has 0 bridgehead atoms. The molecule has 2 aliphatic rings. The average Bonchev–Trinajstić information content (AvgIpc) is 3.64. The van der Waals surface area contributed by atoms with Crippen molar-refractivity contribution in [3.05, 3.63) is 30.6 Å². The van der Waals surface area contributed by atoms with E-state index in [-0.39, 0.29) is 24.0 Å². The third kappa shape index (κ3) is 6.21. The van der Waals surface area contributed by atoms with Gasteiger partial charge in [0.15, 0.2) is 0 Å². The highest BCUT2D eigenvalue weighted by Gasteiger charge is 2.28. The van der Waals surface area contributed by atoms with E-state index in [9.17, 15) is 9.59 Å². The van der Waals surface area contributed by atoms with E-state index in [4.69, 9.17) is 9.47 Å². The first-order chi connectivity index (χ1) is 16.0. The second-order valence-electron chi connectivity index (χ2n) is 8.10. The molecule has 33 heavy (non-hydrogen) atoms. The van der Waals surface area contributed by atoms with Gasteiger partial charge in [0, 0.05) is 38.4 Å². The molecule has 3 heterocycles. The van der Waals surface area contributed by atoms with Crippen LogP contribution in [0.3, 0.4) is 0 Å². The van der Waals surface area contributed by atoms with Gasteiger partial charge in [-0.2, -0.15) is 4.98 Å². The summed E-state index contributed by atoms with van der Waals surface area (Å²) >= 11 is 0. The first kappa shape index (κ1) is 22.6. The van der Waals surface area contributed by atoms with Gasteiger partial charge in [0.05, 0.1) is 18.8 Å². The molecule has 1 aliphatic heterocycles. The number of carbonyl (C=O) groups is 2. The highest BCUT2D eigenvalue weighted by molar-refractivity contribution is 5.88. The molecule has 2 aromatic heterocycles. The SMILES string of the molecule is CCOc1ccc(NC(=O)N(C)[C@@H]2CCCN(c3nccc(OC(=O)NC4CC4)n3)C2)nc1. The summed E-state index contributed by atoms with van der Waals surface area (Å²) in [5.41, 5.74) is 0. The maximum Gasteiger partial charge on any atom is 0.414 e. The molecule has 176 valence electrons. The van der Waals surface area contributed by atoms with E-state index < -0.39 is 6.09 Å². The van der Waals surface area contributed by atoms with Crippen LogP contribution in [0.4, 0.5) is 21.4 Å². The van der Waals surface area contributed by atoms with Gasteiger partial charge in [0.1, 0.15) is 11.6 Å². The maximum absolute atomic E-state index is 12.8. The van der Waals surface area contributed by atoms with Crippen LogP contribution in [0, 0.1) is 0 Å². The highest BCUT2D eigenvalue weighted by atomic mass is 16.6. The van der Waals surface area contributed by atoms with Crippen LogP contribution in [-0.4, -0.2) is 70.8 Å². The molecule has 0 unspecified atom stereocenters. The molecule has 0 spiro atoms. The van der Waals surface area contributed by atoms with E-state index in [0.717, 1.165) is 32.2 Å². The number of anilines is 2. The topological polar surface area (TPSA) is 122 Å². The summed E-state index contributed by atoms with van der Waals surface area (Å²) < 4.78 is 10.7. The van der Waals surface area contributed by atoms with Gasteiger partial charge in [-0.1, -0.05) is 0 Å². The molecule has 2 N–H and O–H groups in total. The molecule has 1 saturated heterocycles. The molecule has 1 aliphatic carbocycles. The Morgan fingerprint density at radius 2 is 2.06 bits per heavy atom. The largest absolute Gasteiger partial charge is 0.492 e. The first-order valence-corrected chi connectivity index (χ1v) is 11.2. The fourth-order valence-corrected chi connectivity index (χ4v) is 3.58. The van der Waals surface area contributed by atoms with Crippen molar-refractivity contribution >= 4 is 23.9 Å². The van der Waals surface area contributed by atoms with Crippen molar-refractivity contribution in [2.24, 2.45) is 0 Å². The first-order valence-electron chi connectivity index (χ1n) is 11.2. The lowest BCUT2D eigenvalue weighted by atomic mass is 10.1. The van der Waals surface area contributed by atoms with Gasteiger partial charge >= 0.3 is 12.1 Å². The van der Waals surface area contributed by atoms with E-state index in [1.165, 1.54) is 0 Å². The van der Waals surface area contributed by atoms with Gasteiger partial charge in [0.25, 0.3) is 0 Å². The summed E-state index contributed by atoms with van der Waals surface area (Å²) in [6.07, 6.45) is 6.35. The van der Waals surface area contributed by atoms with Gasteiger partial charge < -0.3 is 24.6 Å². The smallest absolute Gasteiger partial charge is 0.414 e. The molecular weight excluding hydrogens is 426 g/mol. The molecule has 2 aromatic rings. The lowest BCUT2D eigenvalue weighted by Crippen LogP contribution is -2.50. The van der Waals surface area contributed by atoms with Gasteiger partial charge in [0.2, 0.25) is 11.8 Å². The third-order valence-electron chi connectivity index (χ3n) is 5.54. The number of carbonyl (C=O) groups excluding carboxylic acids is 2. The summed E-state index contributed by atoms with van der Waals surface area (Å²) in [6.45, 7) is 3.78. The van der Waals surface area contributed by atoms with Crippen molar-refractivity contribution in [3.63, 3.8) is 0 Å². The fourth-order valence-electron chi connectivity index (χ4n) is 3.58. The lowest BCUT2D eigenvalue weighted by Gasteiger charge is -2.37. The van der Waals surface area contributed by atoms with Crippen molar-refractivity contribution in [1.29, 1.82) is 0 Å². The summed E-state index contributed by atoms with van der Waals surface area (Å²) in [5.74, 6) is 1.79. The summed E-state index contributed by atoms with van der Waals surface area (Å²) in [7, 11) is 1.76. The number of nitrogens with one attached hydrogen (secondary N) is 2. The summed E-state index contributed by atoms with van der Waals surface area (Å²) in [6, 6.07) is 4.97. The number of pyridine rings is 1. The Bertz CT molecular complexity index is 967. The molecule has 2 fully saturated rings. The van der Waals surface area contributed by atoms with Crippen LogP contribution in [0.2, 0.25) is 0 Å². The van der Waals surface area contributed by atoms with Crippen LogP contribution < -0.4 is 25.0 Å². The van der Waals surface area contributed by atoms with Gasteiger partial charge in [-0.25, -0.2) is 19.6 Å². The lowest BCUT2D eigenvalue weighted by molar-refractivity contribution is 0.194. The van der Waals surface area contributed by atoms with Crippen molar-refractivity contribution in [3.8, 4) is 11.6 Å². The minimum absolute atomic E-state index is 0.0345. The van der Waals surface area contributed by atoms with Crippen molar-refractivity contribution in [2.45, 2.75) is 44.7 Å². The fraction of sp³-hybridized carbons (Fsp3) is 0.500. The number of likely N-dealkylation sites (N-methyl/N-ethyl adjacent to an activating group) is 1. The minimum Gasteiger partial charge on any atom is -0.492 e. The molecule has 1 saturated carbocycles. The van der Waals surface area contributed by atoms with E-state index >= 15 is 0 Å². The predicted octanol–water partition coefficient (Wildman–Crippen LogP) is 2.65. The zero-order chi connectivity index (χ0) is 23.2. The van der Waals surface area contributed by atoms with E-state index in [2.05, 4.69) is 25.6 Å². The summed E-state index contributed by atoms with van der Waals surface area (Å²) in [4.78, 5) is 41.3. The highest BCUT2D eigenvalue weighted by Crippen LogP contribution is 2.22. The molecule has 1 atom stereocenters. The minimum atomic E-state index is -0.502. The normalized spacial score (nSPS) is 17.8. The monoisotopic (exact) mass is 455 g/mol. The number of hydrogen-bond acceptors (Lipinski definition) is 8. The number of aromatic nitrogens is 3. The van der Waals surface area contributed by atoms with Gasteiger partial charge in [-0.3, -0.25) is 5.32 Å². The van der Waals surface area contributed by atoms with Crippen molar-refractivity contribution < 1.29 is 19.1 Å². The molecular formula is C22H29N7O4. The van der Waals surface area contributed by atoms with E-state index in [1.54, 1.807) is 42.5 Å². The van der Waals surface area contributed by atoms with Crippen LogP contribution in [0.15, 0.2) is 30.6 Å². The molecule has 4 rings (SSSR count). The van der Waals surface area contributed by atoms with Crippen LogP contribution >= 0.6 is 0 Å².